The molecule has 0 aliphatic carbocycles. The summed E-state index contributed by atoms with van der Waals surface area (Å²) >= 11 is 0. The molecule has 3 aromatic carbocycles. The molecule has 0 bridgehead atoms. The Morgan fingerprint density at radius 2 is 1.61 bits per heavy atom. The molecule has 0 saturated heterocycles. The van der Waals surface area contributed by atoms with Gasteiger partial charge in [0.2, 0.25) is 0 Å². The van der Waals surface area contributed by atoms with E-state index >= 15 is 0 Å². The fraction of sp³-hybridized carbons (Fsp3) is 0.0435. The lowest BCUT2D eigenvalue weighted by Gasteiger charge is -2.10. The number of amides is 1. The smallest absolute Gasteiger partial charge is 0.261 e. The Balaban J connectivity index is 1.38. The molecule has 4 aromatic rings. The van der Waals surface area contributed by atoms with Gasteiger partial charge in [-0.1, -0.05) is 12.1 Å². The first-order valence-corrected chi connectivity index (χ1v) is 11.2. The standard InChI is InChI=1S/C23H18F2N4O3S/c24-21-10-9-20(13-22(21)25)33(31,32)28-19-7-5-18(6-8-19)27-23(30)17-3-1-16(2-4-17)14-29-12-11-26-15-29/h1-13,15,28H,14H2,(H,27,30). The van der Waals surface area contributed by atoms with Crippen molar-refractivity contribution in [1.29, 1.82) is 0 Å². The van der Waals surface area contributed by atoms with Crippen LogP contribution in [0.3, 0.4) is 0 Å². The van der Waals surface area contributed by atoms with Crippen LogP contribution in [-0.2, 0) is 16.6 Å². The fourth-order valence-electron chi connectivity index (χ4n) is 3.04. The molecule has 4 rings (SSSR count). The Hall–Kier alpha value is -4.05. The first-order chi connectivity index (χ1) is 15.8. The van der Waals surface area contributed by atoms with Crippen LogP contribution in [0, 0.1) is 11.6 Å². The zero-order chi connectivity index (χ0) is 23.4. The van der Waals surface area contributed by atoms with E-state index in [1.54, 1.807) is 24.7 Å². The number of carbonyl (C=O) groups excluding carboxylic acids is 1. The summed E-state index contributed by atoms with van der Waals surface area (Å²) in [5, 5.41) is 2.74. The van der Waals surface area contributed by atoms with Crippen molar-refractivity contribution in [3.8, 4) is 0 Å². The van der Waals surface area contributed by atoms with Gasteiger partial charge >= 0.3 is 0 Å². The predicted molar refractivity (Wildman–Crippen MR) is 119 cm³/mol. The van der Waals surface area contributed by atoms with Crippen LogP contribution in [-0.4, -0.2) is 23.9 Å². The molecule has 0 aliphatic rings. The highest BCUT2D eigenvalue weighted by molar-refractivity contribution is 7.92. The summed E-state index contributed by atoms with van der Waals surface area (Å²) in [4.78, 5) is 16.1. The topological polar surface area (TPSA) is 93.1 Å². The fourth-order valence-corrected chi connectivity index (χ4v) is 4.11. The molecule has 2 N–H and O–H groups in total. The average Bonchev–Trinajstić information content (AvgIpc) is 3.30. The predicted octanol–water partition coefficient (Wildman–Crippen LogP) is 4.26. The van der Waals surface area contributed by atoms with Crippen molar-refractivity contribution < 1.29 is 22.0 Å². The second-order valence-corrected chi connectivity index (χ2v) is 8.83. The largest absolute Gasteiger partial charge is 0.333 e. The Morgan fingerprint density at radius 1 is 0.909 bits per heavy atom. The summed E-state index contributed by atoms with van der Waals surface area (Å²) in [7, 11) is -4.10. The number of nitrogens with zero attached hydrogens (tertiary/aromatic N) is 2. The minimum atomic E-state index is -4.10. The number of benzene rings is 3. The number of nitrogens with one attached hydrogen (secondary N) is 2. The van der Waals surface area contributed by atoms with Crippen LogP contribution >= 0.6 is 0 Å². The second kappa shape index (κ2) is 9.21. The van der Waals surface area contributed by atoms with Gasteiger partial charge in [0.05, 0.1) is 11.2 Å². The first-order valence-electron chi connectivity index (χ1n) is 9.74. The lowest BCUT2D eigenvalue weighted by molar-refractivity contribution is 0.102. The molecule has 0 unspecified atom stereocenters. The summed E-state index contributed by atoms with van der Waals surface area (Å²) < 4.78 is 55.3. The molecule has 10 heteroatoms. The van der Waals surface area contributed by atoms with E-state index in [0.717, 1.165) is 17.7 Å². The zero-order valence-electron chi connectivity index (χ0n) is 17.1. The molecule has 1 aromatic heterocycles. The minimum absolute atomic E-state index is 0.196. The maximum absolute atomic E-state index is 13.4. The summed E-state index contributed by atoms with van der Waals surface area (Å²) in [6, 6.07) is 15.4. The van der Waals surface area contributed by atoms with Gasteiger partial charge in [0.15, 0.2) is 11.6 Å². The third-order valence-electron chi connectivity index (χ3n) is 4.74. The molecule has 0 atom stereocenters. The van der Waals surface area contributed by atoms with Crippen molar-refractivity contribution in [2.75, 3.05) is 10.0 Å². The molecular formula is C23H18F2N4O3S. The maximum Gasteiger partial charge on any atom is 0.261 e. The van der Waals surface area contributed by atoms with Crippen LogP contribution in [0.25, 0.3) is 0 Å². The van der Waals surface area contributed by atoms with Crippen LogP contribution in [0.1, 0.15) is 15.9 Å². The van der Waals surface area contributed by atoms with Crippen molar-refractivity contribution in [3.63, 3.8) is 0 Å². The van der Waals surface area contributed by atoms with Gasteiger partial charge in [-0.25, -0.2) is 22.2 Å². The first kappa shape index (κ1) is 22.2. The van der Waals surface area contributed by atoms with Crippen molar-refractivity contribution in [1.82, 2.24) is 9.55 Å². The summed E-state index contributed by atoms with van der Waals surface area (Å²) in [5.74, 6) is -2.72. The second-order valence-electron chi connectivity index (χ2n) is 7.14. The van der Waals surface area contributed by atoms with Crippen molar-refractivity contribution in [2.45, 2.75) is 11.4 Å². The van der Waals surface area contributed by atoms with Crippen LogP contribution in [0.2, 0.25) is 0 Å². The van der Waals surface area contributed by atoms with Crippen LogP contribution < -0.4 is 10.0 Å². The maximum atomic E-state index is 13.4. The monoisotopic (exact) mass is 468 g/mol. The number of aromatic nitrogens is 2. The van der Waals surface area contributed by atoms with E-state index < -0.39 is 26.6 Å². The lowest BCUT2D eigenvalue weighted by Crippen LogP contribution is -2.14. The molecule has 7 nitrogen and oxygen atoms in total. The molecule has 0 saturated carbocycles. The molecule has 168 valence electrons. The highest BCUT2D eigenvalue weighted by Crippen LogP contribution is 2.20. The lowest BCUT2D eigenvalue weighted by atomic mass is 10.1. The Bertz CT molecular complexity index is 1370. The summed E-state index contributed by atoms with van der Waals surface area (Å²) in [5.41, 5.74) is 2.13. The van der Waals surface area contributed by atoms with Crippen molar-refractivity contribution in [3.05, 3.63) is 108 Å². The number of imidazole rings is 1. The van der Waals surface area contributed by atoms with Crippen LogP contribution in [0.15, 0.2) is 90.3 Å². The molecule has 1 heterocycles. The molecule has 0 radical (unpaired) electrons. The Labute approximate surface area is 188 Å². The van der Waals surface area contributed by atoms with Crippen LogP contribution in [0.4, 0.5) is 20.2 Å². The van der Waals surface area contributed by atoms with E-state index in [4.69, 9.17) is 0 Å². The van der Waals surface area contributed by atoms with Crippen LogP contribution in [0.5, 0.6) is 0 Å². The van der Waals surface area contributed by atoms with E-state index in [0.29, 0.717) is 23.9 Å². The van der Waals surface area contributed by atoms with E-state index in [9.17, 15) is 22.0 Å². The van der Waals surface area contributed by atoms with E-state index in [-0.39, 0.29) is 11.6 Å². The molecule has 33 heavy (non-hydrogen) atoms. The number of hydrogen-bond acceptors (Lipinski definition) is 4. The van der Waals surface area contributed by atoms with Gasteiger partial charge in [-0.3, -0.25) is 9.52 Å². The third kappa shape index (κ3) is 5.42. The molecule has 0 fully saturated rings. The van der Waals surface area contributed by atoms with E-state index in [2.05, 4.69) is 15.0 Å². The molecule has 1 amide bonds. The number of carbonyl (C=O) groups is 1. The summed E-state index contributed by atoms with van der Waals surface area (Å²) in [6.45, 7) is 0.643. The van der Waals surface area contributed by atoms with E-state index in [1.165, 1.54) is 24.3 Å². The summed E-state index contributed by atoms with van der Waals surface area (Å²) in [6.07, 6.45) is 5.26. The van der Waals surface area contributed by atoms with Gasteiger partial charge in [-0.05, 0) is 60.2 Å². The SMILES string of the molecule is O=C(Nc1ccc(NS(=O)(=O)c2ccc(F)c(F)c2)cc1)c1ccc(Cn2ccnc2)cc1. The van der Waals surface area contributed by atoms with Gasteiger partial charge in [0, 0.05) is 35.9 Å². The number of halogens is 2. The van der Waals surface area contributed by atoms with Gasteiger partial charge in [0.1, 0.15) is 0 Å². The normalized spacial score (nSPS) is 11.2. The number of hydrogen-bond donors (Lipinski definition) is 2. The molecular weight excluding hydrogens is 450 g/mol. The molecule has 0 aliphatic heterocycles. The Morgan fingerprint density at radius 3 is 2.24 bits per heavy atom. The van der Waals surface area contributed by atoms with Gasteiger partial charge in [-0.2, -0.15) is 0 Å². The van der Waals surface area contributed by atoms with Crippen molar-refractivity contribution >= 4 is 27.3 Å². The average molecular weight is 468 g/mol. The number of anilines is 2. The van der Waals surface area contributed by atoms with E-state index in [1.807, 2.05) is 22.9 Å². The highest BCUT2D eigenvalue weighted by Gasteiger charge is 2.17. The quantitative estimate of drug-likeness (QED) is 0.424. The minimum Gasteiger partial charge on any atom is -0.333 e. The highest BCUT2D eigenvalue weighted by atomic mass is 32.2. The van der Waals surface area contributed by atoms with Gasteiger partial charge < -0.3 is 9.88 Å². The number of rotatable bonds is 7. The van der Waals surface area contributed by atoms with Gasteiger partial charge in [-0.15, -0.1) is 0 Å². The number of sulfonamides is 1. The zero-order valence-corrected chi connectivity index (χ0v) is 17.9. The molecule has 0 spiro atoms. The Kier molecular flexibility index (Phi) is 6.18. The van der Waals surface area contributed by atoms with Gasteiger partial charge in [0.25, 0.3) is 15.9 Å². The van der Waals surface area contributed by atoms with Crippen molar-refractivity contribution in [2.24, 2.45) is 0 Å². The third-order valence-corrected chi connectivity index (χ3v) is 6.12.